The largest absolute Gasteiger partial charge is 0.488 e. The molecular formula is C31H32N2O4. The summed E-state index contributed by atoms with van der Waals surface area (Å²) in [5.74, 6) is -0.326. The highest BCUT2D eigenvalue weighted by molar-refractivity contribution is 6.00. The topological polar surface area (TPSA) is 71.8 Å². The fourth-order valence-electron chi connectivity index (χ4n) is 4.28. The van der Waals surface area contributed by atoms with E-state index >= 15 is 0 Å². The summed E-state index contributed by atoms with van der Waals surface area (Å²) in [7, 11) is 1.81. The maximum atomic E-state index is 13.1. The number of hydrogen-bond acceptors (Lipinski definition) is 3. The first kappa shape index (κ1) is 25.8. The SMILES string of the molecule is CC/C(=C\c1cn(CC(=O)N(C)CCc2ccccc2)c2cccc(OCc3ccccc3)c12)C(=O)O. The van der Waals surface area contributed by atoms with Gasteiger partial charge >= 0.3 is 5.97 Å². The van der Waals surface area contributed by atoms with Crippen molar-refractivity contribution in [1.29, 1.82) is 0 Å². The average molecular weight is 497 g/mol. The third kappa shape index (κ3) is 6.47. The van der Waals surface area contributed by atoms with Crippen LogP contribution in [-0.2, 0) is 29.2 Å². The van der Waals surface area contributed by atoms with Crippen molar-refractivity contribution in [2.75, 3.05) is 13.6 Å². The number of carboxylic acid groups (broad SMARTS) is 1. The van der Waals surface area contributed by atoms with Gasteiger partial charge in [0.2, 0.25) is 5.91 Å². The van der Waals surface area contributed by atoms with E-state index in [1.54, 1.807) is 11.0 Å². The quantitative estimate of drug-likeness (QED) is 0.267. The van der Waals surface area contributed by atoms with Crippen LogP contribution in [0.3, 0.4) is 0 Å². The van der Waals surface area contributed by atoms with Crippen LogP contribution >= 0.6 is 0 Å². The molecule has 0 atom stereocenters. The lowest BCUT2D eigenvalue weighted by Gasteiger charge is -2.18. The molecule has 1 heterocycles. The van der Waals surface area contributed by atoms with Crippen LogP contribution in [0.1, 0.15) is 30.0 Å². The lowest BCUT2D eigenvalue weighted by molar-refractivity contribution is -0.133. The van der Waals surface area contributed by atoms with Crippen molar-refractivity contribution < 1.29 is 19.4 Å². The van der Waals surface area contributed by atoms with Crippen molar-refractivity contribution in [3.63, 3.8) is 0 Å². The molecule has 3 aromatic carbocycles. The normalized spacial score (nSPS) is 11.5. The Bertz CT molecular complexity index is 1390. The van der Waals surface area contributed by atoms with Crippen molar-refractivity contribution in [2.24, 2.45) is 0 Å². The van der Waals surface area contributed by atoms with Crippen molar-refractivity contribution in [3.8, 4) is 5.75 Å². The number of carbonyl (C=O) groups is 2. The summed E-state index contributed by atoms with van der Waals surface area (Å²) >= 11 is 0. The number of nitrogens with zero attached hydrogens (tertiary/aromatic N) is 2. The van der Waals surface area contributed by atoms with Gasteiger partial charge in [-0.25, -0.2) is 4.79 Å². The molecule has 6 heteroatoms. The Morgan fingerprint density at radius 3 is 2.27 bits per heavy atom. The summed E-state index contributed by atoms with van der Waals surface area (Å²) in [5.41, 5.74) is 4.05. The second kappa shape index (κ2) is 12.1. The zero-order valence-corrected chi connectivity index (χ0v) is 21.3. The Labute approximate surface area is 217 Å². The highest BCUT2D eigenvalue weighted by atomic mass is 16.5. The number of carboxylic acids is 1. The summed E-state index contributed by atoms with van der Waals surface area (Å²) in [5, 5.41) is 10.4. The Kier molecular flexibility index (Phi) is 8.41. The zero-order valence-electron chi connectivity index (χ0n) is 21.3. The summed E-state index contributed by atoms with van der Waals surface area (Å²) in [6.07, 6.45) is 4.69. The number of benzene rings is 3. The minimum absolute atomic E-state index is 0.0204. The maximum Gasteiger partial charge on any atom is 0.331 e. The lowest BCUT2D eigenvalue weighted by atomic mass is 10.1. The van der Waals surface area contributed by atoms with Crippen LogP contribution in [0.4, 0.5) is 0 Å². The highest BCUT2D eigenvalue weighted by Gasteiger charge is 2.17. The first-order valence-electron chi connectivity index (χ1n) is 12.5. The van der Waals surface area contributed by atoms with E-state index in [4.69, 9.17) is 4.74 Å². The van der Waals surface area contributed by atoms with E-state index in [0.29, 0.717) is 30.9 Å². The molecule has 4 rings (SSSR count). The average Bonchev–Trinajstić information content (AvgIpc) is 3.27. The third-order valence-corrected chi connectivity index (χ3v) is 6.43. The van der Waals surface area contributed by atoms with Crippen LogP contribution in [-0.4, -0.2) is 40.0 Å². The molecule has 1 amide bonds. The van der Waals surface area contributed by atoms with E-state index in [2.05, 4.69) is 12.1 Å². The van der Waals surface area contributed by atoms with Gasteiger partial charge in [-0.2, -0.15) is 0 Å². The van der Waals surface area contributed by atoms with Crippen LogP contribution in [0.5, 0.6) is 5.75 Å². The molecule has 37 heavy (non-hydrogen) atoms. The molecule has 0 aliphatic heterocycles. The fraction of sp³-hybridized carbons (Fsp3) is 0.226. The minimum Gasteiger partial charge on any atom is -0.488 e. The zero-order chi connectivity index (χ0) is 26.2. The number of likely N-dealkylation sites (N-methyl/N-ethyl adjacent to an activating group) is 1. The molecule has 0 aliphatic rings. The molecular weight excluding hydrogens is 464 g/mol. The standard InChI is InChI=1S/C31H32N2O4/c1-3-25(31(35)36)19-26-20-33(21-29(34)32(2)18-17-23-11-6-4-7-12-23)27-15-10-16-28(30(26)27)37-22-24-13-8-5-9-14-24/h4-16,19-20H,3,17-18,21-22H2,1-2H3,(H,35,36)/b25-19+. The third-order valence-electron chi connectivity index (χ3n) is 6.43. The van der Waals surface area contributed by atoms with Gasteiger partial charge in [-0.15, -0.1) is 0 Å². The molecule has 0 bridgehead atoms. The Hall–Kier alpha value is -4.32. The van der Waals surface area contributed by atoms with Gasteiger partial charge in [0.1, 0.15) is 18.9 Å². The van der Waals surface area contributed by atoms with Crippen LogP contribution in [0.15, 0.2) is 90.6 Å². The Balaban J connectivity index is 1.63. The van der Waals surface area contributed by atoms with Gasteiger partial charge in [0.25, 0.3) is 0 Å². The molecule has 0 saturated heterocycles. The number of aromatic nitrogens is 1. The molecule has 0 spiro atoms. The van der Waals surface area contributed by atoms with Gasteiger partial charge in [-0.05, 0) is 42.2 Å². The molecule has 6 nitrogen and oxygen atoms in total. The van der Waals surface area contributed by atoms with Crippen LogP contribution in [0.25, 0.3) is 17.0 Å². The molecule has 0 aliphatic carbocycles. The summed E-state index contributed by atoms with van der Waals surface area (Å²) in [6.45, 7) is 2.96. The first-order chi connectivity index (χ1) is 18.0. The minimum atomic E-state index is -0.956. The fourth-order valence-corrected chi connectivity index (χ4v) is 4.28. The second-order valence-corrected chi connectivity index (χ2v) is 9.02. The number of fused-ring (bicyclic) bond motifs is 1. The lowest BCUT2D eigenvalue weighted by Crippen LogP contribution is -2.31. The maximum absolute atomic E-state index is 13.1. The highest BCUT2D eigenvalue weighted by Crippen LogP contribution is 2.33. The van der Waals surface area contributed by atoms with E-state index in [1.165, 1.54) is 5.56 Å². The van der Waals surface area contributed by atoms with Gasteiger partial charge in [0.05, 0.1) is 5.52 Å². The molecule has 190 valence electrons. The van der Waals surface area contributed by atoms with Crippen molar-refractivity contribution in [3.05, 3.63) is 107 Å². The number of aliphatic carboxylic acids is 1. The van der Waals surface area contributed by atoms with Crippen molar-refractivity contribution in [2.45, 2.75) is 32.9 Å². The van der Waals surface area contributed by atoms with E-state index in [0.717, 1.165) is 28.5 Å². The molecule has 0 saturated carbocycles. The second-order valence-electron chi connectivity index (χ2n) is 9.02. The number of hydrogen-bond donors (Lipinski definition) is 1. The summed E-state index contributed by atoms with van der Waals surface area (Å²) in [6, 6.07) is 25.7. The van der Waals surface area contributed by atoms with E-state index < -0.39 is 5.97 Å². The van der Waals surface area contributed by atoms with E-state index in [-0.39, 0.29) is 12.5 Å². The first-order valence-corrected chi connectivity index (χ1v) is 12.5. The van der Waals surface area contributed by atoms with Gasteiger partial charge in [-0.3, -0.25) is 4.79 Å². The van der Waals surface area contributed by atoms with E-state index in [1.807, 2.05) is 91.5 Å². The van der Waals surface area contributed by atoms with E-state index in [9.17, 15) is 14.7 Å². The van der Waals surface area contributed by atoms with Gasteiger partial charge in [0, 0.05) is 36.3 Å². The van der Waals surface area contributed by atoms with Crippen LogP contribution in [0.2, 0.25) is 0 Å². The van der Waals surface area contributed by atoms with Crippen LogP contribution in [0, 0.1) is 0 Å². The molecule has 1 aromatic heterocycles. The van der Waals surface area contributed by atoms with Crippen molar-refractivity contribution >= 4 is 28.9 Å². The predicted octanol–water partition coefficient (Wildman–Crippen LogP) is 5.80. The van der Waals surface area contributed by atoms with Gasteiger partial charge in [-0.1, -0.05) is 73.7 Å². The molecule has 4 aromatic rings. The van der Waals surface area contributed by atoms with Crippen molar-refractivity contribution in [1.82, 2.24) is 9.47 Å². The summed E-state index contributed by atoms with van der Waals surface area (Å²) in [4.78, 5) is 26.6. The molecule has 1 N–H and O–H groups in total. The Morgan fingerprint density at radius 1 is 0.946 bits per heavy atom. The smallest absolute Gasteiger partial charge is 0.331 e. The number of carbonyl (C=O) groups excluding carboxylic acids is 1. The monoisotopic (exact) mass is 496 g/mol. The number of ether oxygens (including phenoxy) is 1. The Morgan fingerprint density at radius 2 is 1.62 bits per heavy atom. The molecule has 0 radical (unpaired) electrons. The molecule has 0 unspecified atom stereocenters. The van der Waals surface area contributed by atoms with Crippen LogP contribution < -0.4 is 4.74 Å². The predicted molar refractivity (Wildman–Crippen MR) is 146 cm³/mol. The summed E-state index contributed by atoms with van der Waals surface area (Å²) < 4.78 is 8.07. The number of amides is 1. The van der Waals surface area contributed by atoms with Gasteiger partial charge < -0.3 is 19.3 Å². The number of rotatable bonds is 11. The molecule has 0 fully saturated rings. The van der Waals surface area contributed by atoms with Gasteiger partial charge in [0.15, 0.2) is 0 Å².